The largest absolute Gasteiger partial charge is 0.480 e. The second kappa shape index (κ2) is 17.0. The Kier molecular flexibility index (Phi) is 13.1. The third-order valence-corrected chi connectivity index (χ3v) is 7.20. The van der Waals surface area contributed by atoms with Crippen LogP contribution in [-0.2, 0) is 32.0 Å². The van der Waals surface area contributed by atoms with E-state index in [-0.39, 0.29) is 25.7 Å². The summed E-state index contributed by atoms with van der Waals surface area (Å²) in [5.74, 6) is -2.97. The number of benzene rings is 1. The number of nitrogens with zero attached hydrogens (tertiary/aromatic N) is 1. The quantitative estimate of drug-likeness (QED) is 0.0829. The molecule has 12 N–H and O–H groups in total. The van der Waals surface area contributed by atoms with Crippen LogP contribution in [0.5, 0.6) is 0 Å². The fourth-order valence-corrected chi connectivity index (χ4v) is 4.79. The van der Waals surface area contributed by atoms with Crippen molar-refractivity contribution in [2.75, 3.05) is 13.1 Å². The van der Waals surface area contributed by atoms with Crippen molar-refractivity contribution in [1.82, 2.24) is 30.9 Å². The Morgan fingerprint density at radius 1 is 0.814 bits per heavy atom. The highest BCUT2D eigenvalue weighted by Gasteiger charge is 2.30. The zero-order valence-electron chi connectivity index (χ0n) is 24.2. The Labute approximate surface area is 249 Å². The average molecular weight is 598 g/mol. The molecule has 0 spiro atoms. The molecule has 1 aromatic carbocycles. The van der Waals surface area contributed by atoms with Gasteiger partial charge in [0.25, 0.3) is 0 Å². The summed E-state index contributed by atoms with van der Waals surface area (Å²) in [6.45, 7) is 0.804. The maximum Gasteiger partial charge on any atom is 0.326 e. The lowest BCUT2D eigenvalue weighted by Crippen LogP contribution is -2.57. The molecule has 0 fully saturated rings. The standard InChI is InChI=1S/C29H43N9O5/c30-11-5-3-9-23(27(40)37-24(29(42)43)10-4-6-12-31)36-28(41)25(14-19-16-33-17-35-19)38-26(39)21(32)13-18-15-34-22-8-2-1-7-20(18)22/h1-2,7-8,15-17,21,23-25,34H,3-6,9-14,30-32H2,(H,33,35)(H,36,41)(H,37,40)(H,38,39)(H,42,43). The molecule has 3 aromatic rings. The van der Waals surface area contributed by atoms with Crippen molar-refractivity contribution in [3.63, 3.8) is 0 Å². The van der Waals surface area contributed by atoms with Gasteiger partial charge in [-0.15, -0.1) is 0 Å². The maximum absolute atomic E-state index is 13.6. The number of carboxylic acid groups (broad SMARTS) is 1. The first kappa shape index (κ1) is 33.2. The fraction of sp³-hybridized carbons (Fsp3) is 0.483. The number of amides is 3. The lowest BCUT2D eigenvalue weighted by Gasteiger charge is -2.25. The van der Waals surface area contributed by atoms with Crippen molar-refractivity contribution in [3.8, 4) is 0 Å². The van der Waals surface area contributed by atoms with Crippen LogP contribution in [0.1, 0.15) is 49.8 Å². The summed E-state index contributed by atoms with van der Waals surface area (Å²) < 4.78 is 0. The molecule has 4 atom stereocenters. The molecule has 0 bridgehead atoms. The second-order valence-electron chi connectivity index (χ2n) is 10.5. The van der Waals surface area contributed by atoms with E-state index in [1.165, 1.54) is 12.5 Å². The van der Waals surface area contributed by atoms with E-state index in [0.717, 1.165) is 16.5 Å². The normalized spacial score (nSPS) is 14.0. The number of hydrogen-bond donors (Lipinski definition) is 9. The number of unbranched alkanes of at least 4 members (excludes halogenated alkanes) is 2. The van der Waals surface area contributed by atoms with Crippen molar-refractivity contribution >= 4 is 34.6 Å². The van der Waals surface area contributed by atoms with Gasteiger partial charge in [-0.1, -0.05) is 18.2 Å². The number of carbonyl (C=O) groups excluding carboxylic acids is 3. The highest BCUT2D eigenvalue weighted by molar-refractivity contribution is 5.94. The van der Waals surface area contributed by atoms with E-state index in [2.05, 4.69) is 30.9 Å². The van der Waals surface area contributed by atoms with Crippen LogP contribution >= 0.6 is 0 Å². The molecule has 3 rings (SSSR count). The molecule has 2 aromatic heterocycles. The first-order chi connectivity index (χ1) is 20.7. The summed E-state index contributed by atoms with van der Waals surface area (Å²) in [6, 6.07) is 3.44. The summed E-state index contributed by atoms with van der Waals surface area (Å²) in [7, 11) is 0. The lowest BCUT2D eigenvalue weighted by atomic mass is 10.0. The van der Waals surface area contributed by atoms with Gasteiger partial charge in [-0.05, 0) is 69.7 Å². The van der Waals surface area contributed by atoms with Crippen LogP contribution in [0, 0.1) is 0 Å². The molecule has 234 valence electrons. The third kappa shape index (κ3) is 10.2. The van der Waals surface area contributed by atoms with Crippen molar-refractivity contribution < 1.29 is 24.3 Å². The number of carboxylic acids is 1. The lowest BCUT2D eigenvalue weighted by molar-refractivity contribution is -0.142. The predicted molar refractivity (Wildman–Crippen MR) is 162 cm³/mol. The van der Waals surface area contributed by atoms with Crippen LogP contribution in [0.25, 0.3) is 10.9 Å². The van der Waals surface area contributed by atoms with Crippen LogP contribution in [0.4, 0.5) is 0 Å². The van der Waals surface area contributed by atoms with Gasteiger partial charge >= 0.3 is 5.97 Å². The van der Waals surface area contributed by atoms with Crippen LogP contribution in [-0.4, -0.2) is 81.0 Å². The second-order valence-corrected chi connectivity index (χ2v) is 10.5. The van der Waals surface area contributed by atoms with Gasteiger partial charge in [-0.2, -0.15) is 0 Å². The number of para-hydroxylation sites is 1. The molecule has 0 aliphatic heterocycles. The maximum atomic E-state index is 13.6. The van der Waals surface area contributed by atoms with Crippen LogP contribution < -0.4 is 33.2 Å². The Bertz CT molecular complexity index is 1330. The number of H-pyrrole nitrogens is 2. The summed E-state index contributed by atoms with van der Waals surface area (Å²) in [6.07, 6.45) is 7.79. The fourth-order valence-electron chi connectivity index (χ4n) is 4.79. The monoisotopic (exact) mass is 597 g/mol. The molecule has 0 aliphatic carbocycles. The van der Waals surface area contributed by atoms with Crippen molar-refractivity contribution in [2.24, 2.45) is 17.2 Å². The first-order valence-corrected chi connectivity index (χ1v) is 14.5. The van der Waals surface area contributed by atoms with Gasteiger partial charge < -0.3 is 48.2 Å². The van der Waals surface area contributed by atoms with E-state index < -0.39 is 47.9 Å². The van der Waals surface area contributed by atoms with Crippen molar-refractivity contribution in [3.05, 3.63) is 54.2 Å². The molecule has 43 heavy (non-hydrogen) atoms. The highest BCUT2D eigenvalue weighted by atomic mass is 16.4. The number of nitrogens with two attached hydrogens (primary N) is 3. The topological polar surface area (TPSA) is 247 Å². The first-order valence-electron chi connectivity index (χ1n) is 14.5. The number of aromatic nitrogens is 3. The van der Waals surface area contributed by atoms with Crippen LogP contribution in [0.15, 0.2) is 43.0 Å². The summed E-state index contributed by atoms with van der Waals surface area (Å²) in [5.41, 5.74) is 19.8. The minimum absolute atomic E-state index is 0.0609. The molecule has 0 radical (unpaired) electrons. The van der Waals surface area contributed by atoms with Gasteiger partial charge in [-0.3, -0.25) is 14.4 Å². The molecule has 0 saturated heterocycles. The SMILES string of the molecule is NCCCCC(NC(=O)C(CCCCN)NC(=O)C(Cc1cnc[nH]1)NC(=O)C(N)Cc1c[nH]c2ccccc12)C(=O)O. The van der Waals surface area contributed by atoms with E-state index in [4.69, 9.17) is 17.2 Å². The summed E-state index contributed by atoms with van der Waals surface area (Å²) in [5, 5.41) is 18.5. The van der Waals surface area contributed by atoms with Gasteiger partial charge in [0.2, 0.25) is 17.7 Å². The summed E-state index contributed by atoms with van der Waals surface area (Å²) in [4.78, 5) is 61.8. The van der Waals surface area contributed by atoms with E-state index in [1.54, 1.807) is 6.20 Å². The summed E-state index contributed by atoms with van der Waals surface area (Å²) >= 11 is 0. The van der Waals surface area contributed by atoms with E-state index in [1.807, 2.05) is 24.3 Å². The number of fused-ring (bicyclic) bond motifs is 1. The number of nitrogens with one attached hydrogen (secondary N) is 5. The Morgan fingerprint density at radius 3 is 2.09 bits per heavy atom. The molecule has 4 unspecified atom stereocenters. The number of hydrogen-bond acceptors (Lipinski definition) is 8. The van der Waals surface area contributed by atoms with Gasteiger partial charge in [0.05, 0.1) is 12.4 Å². The molecule has 0 saturated carbocycles. The van der Waals surface area contributed by atoms with Gasteiger partial charge in [0.15, 0.2) is 0 Å². The molecule has 3 amide bonds. The third-order valence-electron chi connectivity index (χ3n) is 7.20. The average Bonchev–Trinajstić information content (AvgIpc) is 3.65. The van der Waals surface area contributed by atoms with Crippen molar-refractivity contribution in [1.29, 1.82) is 0 Å². The van der Waals surface area contributed by atoms with E-state index >= 15 is 0 Å². The smallest absolute Gasteiger partial charge is 0.326 e. The molecular formula is C29H43N9O5. The van der Waals surface area contributed by atoms with Crippen molar-refractivity contribution in [2.45, 2.75) is 75.5 Å². The zero-order valence-corrected chi connectivity index (χ0v) is 24.2. The number of imidazole rings is 1. The number of carbonyl (C=O) groups is 4. The Balaban J connectivity index is 1.72. The minimum atomic E-state index is -1.18. The molecule has 14 heteroatoms. The predicted octanol–water partition coefficient (Wildman–Crippen LogP) is -0.199. The van der Waals surface area contributed by atoms with E-state index in [0.29, 0.717) is 44.5 Å². The molecular weight excluding hydrogens is 554 g/mol. The number of aliphatic carboxylic acids is 1. The van der Waals surface area contributed by atoms with Gasteiger partial charge in [-0.25, -0.2) is 9.78 Å². The van der Waals surface area contributed by atoms with Crippen LogP contribution in [0.3, 0.4) is 0 Å². The Morgan fingerprint density at radius 2 is 1.44 bits per heavy atom. The molecule has 2 heterocycles. The molecule has 0 aliphatic rings. The highest BCUT2D eigenvalue weighted by Crippen LogP contribution is 2.19. The van der Waals surface area contributed by atoms with Gasteiger partial charge in [0.1, 0.15) is 18.1 Å². The van der Waals surface area contributed by atoms with Crippen LogP contribution in [0.2, 0.25) is 0 Å². The zero-order chi connectivity index (χ0) is 31.2. The number of aromatic amines is 2. The minimum Gasteiger partial charge on any atom is -0.480 e. The van der Waals surface area contributed by atoms with Gasteiger partial charge in [0, 0.05) is 35.4 Å². The Hall–Kier alpha value is -4.27. The van der Waals surface area contributed by atoms with E-state index in [9.17, 15) is 24.3 Å². The molecule has 14 nitrogen and oxygen atoms in total. The number of rotatable bonds is 19.